The third-order valence-electron chi connectivity index (χ3n) is 15.3. The first-order valence-corrected chi connectivity index (χ1v) is 23.9. The van der Waals surface area contributed by atoms with E-state index < -0.39 is 5.41 Å². The lowest BCUT2D eigenvalue weighted by molar-refractivity contribution is 0.769. The number of anilines is 3. The average molecular weight is 868 g/mol. The van der Waals surface area contributed by atoms with E-state index in [4.69, 9.17) is 0 Å². The van der Waals surface area contributed by atoms with Crippen LogP contribution in [0.25, 0.3) is 77.2 Å². The van der Waals surface area contributed by atoms with Gasteiger partial charge in [-0.1, -0.05) is 182 Å². The number of nitrogens with zero attached hydrogens (tertiary/aromatic N) is 1. The molecule has 0 atom stereocenters. The summed E-state index contributed by atoms with van der Waals surface area (Å²) in [5.74, 6) is 0. The molecular formula is C67H49N. The topological polar surface area (TPSA) is 3.24 Å². The van der Waals surface area contributed by atoms with Crippen molar-refractivity contribution in [2.75, 3.05) is 4.90 Å². The molecule has 1 nitrogen and oxygen atoms in total. The van der Waals surface area contributed by atoms with Crippen LogP contribution in [-0.2, 0) is 5.41 Å². The van der Waals surface area contributed by atoms with Crippen LogP contribution in [0.4, 0.5) is 17.1 Å². The summed E-state index contributed by atoms with van der Waals surface area (Å²) in [5.41, 5.74) is 25.8. The molecule has 0 radical (unpaired) electrons. The summed E-state index contributed by atoms with van der Waals surface area (Å²) in [6.45, 7) is 8.84. The Morgan fingerprint density at radius 3 is 1.28 bits per heavy atom. The van der Waals surface area contributed by atoms with E-state index in [9.17, 15) is 0 Å². The first kappa shape index (κ1) is 40.1. The van der Waals surface area contributed by atoms with E-state index in [0.29, 0.717) is 0 Å². The Kier molecular flexibility index (Phi) is 9.07. The minimum atomic E-state index is -0.656. The third-order valence-corrected chi connectivity index (χ3v) is 15.3. The van der Waals surface area contributed by atoms with Crippen LogP contribution >= 0.6 is 0 Å². The molecule has 322 valence electrons. The minimum Gasteiger partial charge on any atom is -0.310 e. The maximum Gasteiger partial charge on any atom is 0.0714 e. The van der Waals surface area contributed by atoms with Gasteiger partial charge >= 0.3 is 0 Å². The molecule has 2 aliphatic rings. The predicted molar refractivity (Wildman–Crippen MR) is 288 cm³/mol. The van der Waals surface area contributed by atoms with Gasteiger partial charge in [-0.25, -0.2) is 0 Å². The van der Waals surface area contributed by atoms with Gasteiger partial charge < -0.3 is 4.90 Å². The van der Waals surface area contributed by atoms with Crippen LogP contribution in [0.2, 0.25) is 0 Å². The van der Waals surface area contributed by atoms with Crippen molar-refractivity contribution in [3.63, 3.8) is 0 Å². The molecule has 0 N–H and O–H groups in total. The maximum absolute atomic E-state index is 2.62. The highest BCUT2D eigenvalue weighted by molar-refractivity contribution is 6.29. The lowest BCUT2D eigenvalue weighted by Gasteiger charge is -2.35. The summed E-state index contributed by atoms with van der Waals surface area (Å²) in [6.07, 6.45) is 0. The van der Waals surface area contributed by atoms with Crippen LogP contribution in [0.15, 0.2) is 224 Å². The number of rotatable bonds is 7. The van der Waals surface area contributed by atoms with Crippen molar-refractivity contribution in [2.24, 2.45) is 0 Å². The average Bonchev–Trinajstić information content (AvgIpc) is 3.87. The van der Waals surface area contributed by atoms with Crippen LogP contribution in [-0.4, -0.2) is 0 Å². The smallest absolute Gasteiger partial charge is 0.0714 e. The fourth-order valence-corrected chi connectivity index (χ4v) is 11.9. The number of benzene rings is 11. The summed E-state index contributed by atoms with van der Waals surface area (Å²) in [4.78, 5) is 2.46. The van der Waals surface area contributed by atoms with Crippen LogP contribution in [0.1, 0.15) is 44.5 Å². The molecule has 0 aliphatic heterocycles. The molecular weight excluding hydrogens is 819 g/mol. The minimum absolute atomic E-state index is 0.656. The molecule has 0 saturated carbocycles. The summed E-state index contributed by atoms with van der Waals surface area (Å²) in [5, 5.41) is 5.15. The van der Waals surface area contributed by atoms with E-state index in [1.807, 2.05) is 0 Å². The third kappa shape index (κ3) is 5.75. The van der Waals surface area contributed by atoms with Crippen LogP contribution in [0, 0.1) is 27.7 Å². The molecule has 0 spiro atoms. The molecule has 0 saturated heterocycles. The van der Waals surface area contributed by atoms with Crippen molar-refractivity contribution in [1.29, 1.82) is 0 Å². The number of hydrogen-bond donors (Lipinski definition) is 0. The van der Waals surface area contributed by atoms with Gasteiger partial charge in [0.15, 0.2) is 0 Å². The maximum atomic E-state index is 2.62. The van der Waals surface area contributed by atoms with Crippen LogP contribution in [0.3, 0.4) is 0 Å². The molecule has 0 fully saturated rings. The molecule has 0 amide bonds. The van der Waals surface area contributed by atoms with Crippen molar-refractivity contribution in [3.8, 4) is 55.6 Å². The molecule has 68 heavy (non-hydrogen) atoms. The van der Waals surface area contributed by atoms with E-state index >= 15 is 0 Å². The molecule has 11 aromatic carbocycles. The molecule has 11 aromatic rings. The Bertz CT molecular complexity index is 3720. The fraction of sp³-hybridized carbons (Fsp3) is 0.0746. The highest BCUT2D eigenvalue weighted by atomic mass is 15.1. The van der Waals surface area contributed by atoms with Gasteiger partial charge in [0.05, 0.1) is 5.41 Å². The second-order valence-electron chi connectivity index (χ2n) is 18.9. The Morgan fingerprint density at radius 1 is 0.294 bits per heavy atom. The second kappa shape index (κ2) is 15.4. The van der Waals surface area contributed by atoms with Crippen molar-refractivity contribution < 1.29 is 0 Å². The summed E-state index contributed by atoms with van der Waals surface area (Å²) >= 11 is 0. The molecule has 0 heterocycles. The zero-order valence-electron chi connectivity index (χ0n) is 38.8. The summed E-state index contributed by atoms with van der Waals surface area (Å²) in [7, 11) is 0. The van der Waals surface area contributed by atoms with Gasteiger partial charge in [-0.3, -0.25) is 0 Å². The number of hydrogen-bond acceptors (Lipinski definition) is 1. The second-order valence-corrected chi connectivity index (χ2v) is 18.9. The van der Waals surface area contributed by atoms with Crippen molar-refractivity contribution in [2.45, 2.75) is 33.1 Å². The summed E-state index contributed by atoms with van der Waals surface area (Å²) < 4.78 is 0. The predicted octanol–water partition coefficient (Wildman–Crippen LogP) is 18.0. The zero-order chi connectivity index (χ0) is 45.7. The standard InChI is InChI=1S/C67H49N/c1-42-32-34-50(38-44(42)3)68(51-35-33-43(2)45(4)39-51)52-36-37-55-59(40-52)67(48-24-13-7-14-25-48,49-26-15-8-16-27-49)60-41-58-63-56(64(55)60)30-19-31-57(63)65-61(46-20-9-5-10-21-46)53-28-17-18-29-54(53)62(66(58)65)47-22-11-6-12-23-47/h5-41H,1-4H3. The van der Waals surface area contributed by atoms with Gasteiger partial charge in [0.1, 0.15) is 0 Å². The molecule has 2 aliphatic carbocycles. The van der Waals surface area contributed by atoms with Crippen LogP contribution in [0.5, 0.6) is 0 Å². The van der Waals surface area contributed by atoms with E-state index in [-0.39, 0.29) is 0 Å². The Balaban J connectivity index is 1.18. The first-order chi connectivity index (χ1) is 33.4. The van der Waals surface area contributed by atoms with E-state index in [2.05, 4.69) is 257 Å². The van der Waals surface area contributed by atoms with Gasteiger partial charge in [0.2, 0.25) is 0 Å². The van der Waals surface area contributed by atoms with Gasteiger partial charge in [-0.2, -0.15) is 0 Å². The molecule has 1 heteroatoms. The van der Waals surface area contributed by atoms with E-state index in [1.54, 1.807) is 0 Å². The van der Waals surface area contributed by atoms with Crippen molar-refractivity contribution in [1.82, 2.24) is 0 Å². The zero-order valence-corrected chi connectivity index (χ0v) is 38.8. The molecule has 0 unspecified atom stereocenters. The van der Waals surface area contributed by atoms with Gasteiger partial charge in [-0.15, -0.1) is 0 Å². The van der Waals surface area contributed by atoms with Gasteiger partial charge in [-0.05, 0) is 192 Å². The fourth-order valence-electron chi connectivity index (χ4n) is 11.9. The van der Waals surface area contributed by atoms with Gasteiger partial charge in [0, 0.05) is 17.1 Å². The van der Waals surface area contributed by atoms with Gasteiger partial charge in [0.25, 0.3) is 0 Å². The van der Waals surface area contributed by atoms with E-state index in [1.165, 1.54) is 122 Å². The van der Waals surface area contributed by atoms with Crippen molar-refractivity contribution in [3.05, 3.63) is 269 Å². The Hall–Kier alpha value is -8.26. The first-order valence-electron chi connectivity index (χ1n) is 23.9. The normalized spacial score (nSPS) is 12.8. The largest absolute Gasteiger partial charge is 0.310 e. The Morgan fingerprint density at radius 2 is 0.750 bits per heavy atom. The monoisotopic (exact) mass is 867 g/mol. The number of fused-ring (bicyclic) bond motifs is 8. The molecule has 13 rings (SSSR count). The van der Waals surface area contributed by atoms with E-state index in [0.717, 1.165) is 17.1 Å². The quantitative estimate of drug-likeness (QED) is 0.154. The molecule has 0 bridgehead atoms. The SMILES string of the molecule is Cc1ccc(N(c2ccc(C)c(C)c2)c2ccc3c(c2)C(c2ccccc2)(c2ccccc2)c2cc4c5c(cccc5c2-3)-c2c-4c(-c3ccccc3)c3ccccc3c2-c2ccccc2)cc1C. The lowest BCUT2D eigenvalue weighted by atomic mass is 9.67. The lowest BCUT2D eigenvalue weighted by Crippen LogP contribution is -2.29. The Labute approximate surface area is 399 Å². The highest BCUT2D eigenvalue weighted by Gasteiger charge is 2.48. The summed E-state index contributed by atoms with van der Waals surface area (Å²) in [6, 6.07) is 84.6. The van der Waals surface area contributed by atoms with Crippen molar-refractivity contribution >= 4 is 38.6 Å². The molecule has 0 aromatic heterocycles. The number of aryl methyl sites for hydroxylation is 4. The highest BCUT2D eigenvalue weighted by Crippen LogP contribution is 2.64. The van der Waals surface area contributed by atoms with Crippen LogP contribution < -0.4 is 4.90 Å².